The van der Waals surface area contributed by atoms with E-state index in [0.29, 0.717) is 28.9 Å². The van der Waals surface area contributed by atoms with Crippen LogP contribution >= 0.6 is 0 Å². The van der Waals surface area contributed by atoms with Gasteiger partial charge in [0.15, 0.2) is 5.65 Å². The lowest BCUT2D eigenvalue weighted by Gasteiger charge is -2.26. The molecule has 2 N–H and O–H groups in total. The van der Waals surface area contributed by atoms with E-state index in [1.807, 2.05) is 49.5 Å². The molecule has 6 rings (SSSR count). The van der Waals surface area contributed by atoms with Crippen LogP contribution in [0.3, 0.4) is 0 Å². The Morgan fingerprint density at radius 3 is 2.82 bits per heavy atom. The van der Waals surface area contributed by atoms with Crippen molar-refractivity contribution < 1.29 is 15.7 Å². The van der Waals surface area contributed by atoms with Crippen LogP contribution in [-0.4, -0.2) is 75.8 Å². The summed E-state index contributed by atoms with van der Waals surface area (Å²) in [5, 5.41) is 11.2. The maximum atomic E-state index is 12.6. The van der Waals surface area contributed by atoms with Crippen molar-refractivity contribution >= 4 is 17.4 Å². The first-order chi connectivity index (χ1) is 18.6. The van der Waals surface area contributed by atoms with Gasteiger partial charge in [-0.15, -0.1) is 0 Å². The van der Waals surface area contributed by atoms with Crippen LogP contribution in [0.4, 0.5) is 5.82 Å². The second-order valence-electron chi connectivity index (χ2n) is 9.72. The summed E-state index contributed by atoms with van der Waals surface area (Å²) in [6.07, 6.45) is 7.28. The van der Waals surface area contributed by atoms with Crippen LogP contribution in [0, 0.1) is 6.92 Å². The summed E-state index contributed by atoms with van der Waals surface area (Å²) in [6, 6.07) is 11.7. The number of aromatic nitrogens is 4. The number of nitrogens with zero attached hydrogens (tertiary/aromatic N) is 5. The monoisotopic (exact) mass is 515 g/mol. The molecule has 1 saturated carbocycles. The van der Waals surface area contributed by atoms with E-state index in [4.69, 9.17) is 14.5 Å². The van der Waals surface area contributed by atoms with E-state index >= 15 is 0 Å². The average Bonchev–Trinajstić information content (AvgIpc) is 3.64. The molecule has 1 aliphatic heterocycles. The van der Waals surface area contributed by atoms with Gasteiger partial charge >= 0.3 is 0 Å². The molecule has 4 aromatic rings. The van der Waals surface area contributed by atoms with E-state index in [1.54, 1.807) is 16.9 Å². The fourth-order valence-electron chi connectivity index (χ4n) is 4.59. The second-order valence-corrected chi connectivity index (χ2v) is 9.72. The molecule has 0 radical (unpaired) electrons. The second kappa shape index (κ2) is 10.8. The van der Waals surface area contributed by atoms with Crippen molar-refractivity contribution in [1.82, 2.24) is 29.8 Å². The first-order valence-corrected chi connectivity index (χ1v) is 13.1. The van der Waals surface area contributed by atoms with Gasteiger partial charge in [0.25, 0.3) is 5.91 Å². The van der Waals surface area contributed by atoms with Crippen molar-refractivity contribution in [2.45, 2.75) is 25.8 Å². The summed E-state index contributed by atoms with van der Waals surface area (Å²) in [6.45, 7) is 7.00. The lowest BCUT2D eigenvalue weighted by atomic mass is 10.0. The molecule has 10 nitrogen and oxygen atoms in total. The van der Waals surface area contributed by atoms with Crippen LogP contribution in [0.2, 0.25) is 0 Å². The fraction of sp³-hybridized carbons (Fsp3) is 0.357. The highest BCUT2D eigenvalue weighted by Gasteiger charge is 2.24. The highest BCUT2D eigenvalue weighted by molar-refractivity contribution is 5.97. The number of nitrogens with one attached hydrogen (secondary N) is 2. The molecule has 2 aliphatic rings. The summed E-state index contributed by atoms with van der Waals surface area (Å²) in [5.74, 6) is 1.81. The smallest absolute Gasteiger partial charge is 0.251 e. The quantitative estimate of drug-likeness (QED) is 0.347. The summed E-state index contributed by atoms with van der Waals surface area (Å²) < 4.78 is 13.3. The maximum Gasteiger partial charge on any atom is 0.251 e. The zero-order valence-electron chi connectivity index (χ0n) is 21.4. The number of rotatable bonds is 9. The number of morpholine rings is 1. The van der Waals surface area contributed by atoms with E-state index in [1.165, 1.54) is 0 Å². The van der Waals surface area contributed by atoms with Gasteiger partial charge in [0, 0.05) is 57.0 Å². The highest BCUT2D eigenvalue weighted by atomic mass is 16.5. The van der Waals surface area contributed by atoms with E-state index in [2.05, 4.69) is 25.6 Å². The molecule has 1 aliphatic carbocycles. The normalized spacial score (nSPS) is 15.9. The molecule has 0 spiro atoms. The molecule has 38 heavy (non-hydrogen) atoms. The number of aryl methyl sites for hydroxylation is 1. The number of benzene rings is 1. The van der Waals surface area contributed by atoms with Crippen molar-refractivity contribution in [1.29, 1.82) is 0 Å². The van der Waals surface area contributed by atoms with Gasteiger partial charge in [-0.1, -0.05) is 12.1 Å². The molecule has 4 heterocycles. The third-order valence-electron chi connectivity index (χ3n) is 6.84. The number of carbonyl (C=O) groups excluding carboxylic acids is 1. The number of anilines is 1. The predicted molar refractivity (Wildman–Crippen MR) is 146 cm³/mol. The van der Waals surface area contributed by atoms with Crippen molar-refractivity contribution in [2.24, 2.45) is 0 Å². The molecule has 0 atom stereocenters. The van der Waals surface area contributed by atoms with E-state index in [-0.39, 0.29) is 7.33 Å². The Kier molecular flexibility index (Phi) is 6.89. The van der Waals surface area contributed by atoms with Crippen molar-refractivity contribution in [3.63, 3.8) is 0 Å². The van der Waals surface area contributed by atoms with E-state index < -0.39 is 0 Å². The molecular weight excluding hydrogens is 482 g/mol. The summed E-state index contributed by atoms with van der Waals surface area (Å²) >= 11 is 0. The van der Waals surface area contributed by atoms with Crippen LogP contribution < -0.4 is 15.4 Å². The Morgan fingerprint density at radius 1 is 1.18 bits per heavy atom. The van der Waals surface area contributed by atoms with Crippen LogP contribution in [0.25, 0.3) is 16.8 Å². The van der Waals surface area contributed by atoms with Gasteiger partial charge in [-0.2, -0.15) is 14.6 Å². The zero-order chi connectivity index (χ0) is 25.9. The van der Waals surface area contributed by atoms with Crippen molar-refractivity contribution in [2.75, 3.05) is 44.7 Å². The lowest BCUT2D eigenvalue weighted by molar-refractivity contribution is 0.0398. The molecule has 1 amide bonds. The third-order valence-corrected chi connectivity index (χ3v) is 6.84. The van der Waals surface area contributed by atoms with Crippen molar-refractivity contribution in [3.05, 3.63) is 66.1 Å². The largest absolute Gasteiger partial charge is 0.437 e. The maximum absolute atomic E-state index is 12.6. The van der Waals surface area contributed by atoms with Gasteiger partial charge in [0.05, 0.1) is 25.6 Å². The van der Waals surface area contributed by atoms with Gasteiger partial charge < -0.3 is 20.1 Å². The highest BCUT2D eigenvalue weighted by Crippen LogP contribution is 2.31. The lowest BCUT2D eigenvalue weighted by Crippen LogP contribution is -2.39. The molecule has 1 aromatic carbocycles. The number of pyridine rings is 1. The van der Waals surface area contributed by atoms with Gasteiger partial charge in [0.2, 0.25) is 5.88 Å². The first-order valence-electron chi connectivity index (χ1n) is 13.1. The summed E-state index contributed by atoms with van der Waals surface area (Å²) in [5.41, 5.74) is 4.05. The standard InChI is InChI=1S/C28H31N7O3.H2/c1-19-15-20(4-7-23(19)28(36)32-21-5-6-21)24-18-31-35-25(30-9-10-34-11-13-37-14-12-34)16-26(33-27(24)35)38-22-3-2-8-29-17-22;/h2-4,7-8,15-18,21,30H,5-6,9-14H2,1H3,(H,32,36);1H. The molecule has 3 aromatic heterocycles. The van der Waals surface area contributed by atoms with E-state index in [9.17, 15) is 4.79 Å². The molecule has 1 saturated heterocycles. The Labute approximate surface area is 222 Å². The van der Waals surface area contributed by atoms with Crippen LogP contribution in [0.15, 0.2) is 55.0 Å². The van der Waals surface area contributed by atoms with Crippen LogP contribution in [0.1, 0.15) is 30.2 Å². The Bertz CT molecular complexity index is 1440. The summed E-state index contributed by atoms with van der Waals surface area (Å²) in [4.78, 5) is 23.9. The number of carbonyl (C=O) groups is 1. The zero-order valence-corrected chi connectivity index (χ0v) is 21.4. The molecule has 198 valence electrons. The number of hydrogen-bond donors (Lipinski definition) is 2. The van der Waals surface area contributed by atoms with Crippen LogP contribution in [0.5, 0.6) is 11.6 Å². The molecule has 2 fully saturated rings. The number of hydrogen-bond acceptors (Lipinski definition) is 8. The number of amides is 1. The minimum Gasteiger partial charge on any atom is -0.437 e. The Balaban J connectivity index is 0.00000308. The molecule has 10 heteroatoms. The fourth-order valence-corrected chi connectivity index (χ4v) is 4.59. The Hall–Kier alpha value is -4.02. The summed E-state index contributed by atoms with van der Waals surface area (Å²) in [7, 11) is 0. The number of ether oxygens (including phenoxy) is 2. The predicted octanol–water partition coefficient (Wildman–Crippen LogP) is 3.77. The topological polar surface area (TPSA) is 106 Å². The molecule has 0 unspecified atom stereocenters. The minimum atomic E-state index is -0.0200. The number of fused-ring (bicyclic) bond motifs is 1. The average molecular weight is 516 g/mol. The molecule has 0 bridgehead atoms. The van der Waals surface area contributed by atoms with Gasteiger partial charge in [0.1, 0.15) is 11.6 Å². The van der Waals surface area contributed by atoms with Crippen molar-refractivity contribution in [3.8, 4) is 22.8 Å². The SMILES string of the molecule is Cc1cc(-c2cnn3c(NCCN4CCOCC4)cc(Oc4cccnc4)nc23)ccc1C(=O)NC1CC1.[HH]. The van der Waals surface area contributed by atoms with Gasteiger partial charge in [-0.25, -0.2) is 0 Å². The van der Waals surface area contributed by atoms with Gasteiger partial charge in [-0.3, -0.25) is 14.7 Å². The van der Waals surface area contributed by atoms with Crippen LogP contribution in [-0.2, 0) is 4.74 Å². The molecular formula is C28H33N7O3. The van der Waals surface area contributed by atoms with Gasteiger partial charge in [-0.05, 0) is 49.1 Å². The van der Waals surface area contributed by atoms with E-state index in [0.717, 1.165) is 74.7 Å². The first kappa shape index (κ1) is 24.3. The minimum absolute atomic E-state index is 0. The third kappa shape index (κ3) is 5.46. The Morgan fingerprint density at radius 2 is 2.05 bits per heavy atom.